The molecule has 0 radical (unpaired) electrons. The normalized spacial score (nSPS) is 10.7. The molecule has 146 valence electrons. The molecule has 1 N–H and O–H groups in total. The molecule has 3 aromatic rings. The number of nitrogens with one attached hydrogen (secondary N) is 1. The molecule has 0 bridgehead atoms. The number of carbonyl (C=O) groups is 1. The lowest BCUT2D eigenvalue weighted by Gasteiger charge is -2.11. The van der Waals surface area contributed by atoms with Crippen LogP contribution in [0.25, 0.3) is 11.4 Å². The molecular formula is C20H21ClN4O2S. The molecule has 0 aliphatic carbocycles. The second kappa shape index (κ2) is 9.61. The minimum atomic E-state index is -0.137. The number of para-hydroxylation sites is 2. The van der Waals surface area contributed by atoms with E-state index in [4.69, 9.17) is 16.3 Å². The highest BCUT2D eigenvalue weighted by molar-refractivity contribution is 7.99. The number of rotatable bonds is 8. The van der Waals surface area contributed by atoms with Crippen LogP contribution in [0, 0.1) is 0 Å². The van der Waals surface area contributed by atoms with Crippen LogP contribution in [0.3, 0.4) is 0 Å². The van der Waals surface area contributed by atoms with Crippen molar-refractivity contribution in [1.82, 2.24) is 14.8 Å². The van der Waals surface area contributed by atoms with Gasteiger partial charge in [0.05, 0.1) is 23.1 Å². The molecule has 8 heteroatoms. The Labute approximate surface area is 173 Å². The molecule has 1 heterocycles. The van der Waals surface area contributed by atoms with Gasteiger partial charge in [0.1, 0.15) is 5.75 Å². The van der Waals surface area contributed by atoms with Crippen molar-refractivity contribution in [3.05, 3.63) is 53.6 Å². The van der Waals surface area contributed by atoms with Gasteiger partial charge in [-0.2, -0.15) is 0 Å². The molecule has 1 aromatic heterocycles. The zero-order valence-corrected chi connectivity index (χ0v) is 17.3. The van der Waals surface area contributed by atoms with Gasteiger partial charge in [-0.3, -0.25) is 4.79 Å². The zero-order chi connectivity index (χ0) is 19.9. The van der Waals surface area contributed by atoms with Gasteiger partial charge in [0.2, 0.25) is 5.91 Å². The standard InChI is InChI=1S/C20H21ClN4O2S/c1-3-25-19(14-9-5-6-10-15(14)21)23-24-20(25)28-13-18(26)22-16-11-7-8-12-17(16)27-4-2/h5-12H,3-4,13H2,1-2H3,(H,22,26). The van der Waals surface area contributed by atoms with Crippen LogP contribution in [-0.2, 0) is 11.3 Å². The first-order valence-electron chi connectivity index (χ1n) is 8.96. The van der Waals surface area contributed by atoms with Crippen molar-refractivity contribution in [2.24, 2.45) is 0 Å². The lowest BCUT2D eigenvalue weighted by Crippen LogP contribution is -2.15. The fraction of sp³-hybridized carbons (Fsp3) is 0.250. The Morgan fingerprint density at radius 1 is 1.14 bits per heavy atom. The molecule has 0 aliphatic heterocycles. The van der Waals surface area contributed by atoms with Gasteiger partial charge in [-0.05, 0) is 38.1 Å². The minimum absolute atomic E-state index is 0.137. The Morgan fingerprint density at radius 3 is 2.64 bits per heavy atom. The number of hydrogen-bond acceptors (Lipinski definition) is 5. The Morgan fingerprint density at radius 2 is 1.89 bits per heavy atom. The van der Waals surface area contributed by atoms with Gasteiger partial charge in [0, 0.05) is 12.1 Å². The maximum Gasteiger partial charge on any atom is 0.234 e. The molecular weight excluding hydrogens is 396 g/mol. The SMILES string of the molecule is CCOc1ccccc1NC(=O)CSc1nnc(-c2ccccc2Cl)n1CC. The monoisotopic (exact) mass is 416 g/mol. The van der Waals surface area contributed by atoms with E-state index in [0.717, 1.165) is 5.56 Å². The fourth-order valence-corrected chi connectivity index (χ4v) is 3.71. The summed E-state index contributed by atoms with van der Waals surface area (Å²) in [5, 5.41) is 12.7. The van der Waals surface area contributed by atoms with E-state index in [9.17, 15) is 4.79 Å². The summed E-state index contributed by atoms with van der Waals surface area (Å²) in [5.41, 5.74) is 1.48. The van der Waals surface area contributed by atoms with Gasteiger partial charge in [-0.1, -0.05) is 47.6 Å². The van der Waals surface area contributed by atoms with Crippen LogP contribution in [0.4, 0.5) is 5.69 Å². The summed E-state index contributed by atoms with van der Waals surface area (Å²) >= 11 is 7.62. The number of benzene rings is 2. The highest BCUT2D eigenvalue weighted by Crippen LogP contribution is 2.29. The predicted octanol–water partition coefficient (Wildman–Crippen LogP) is 4.75. The highest BCUT2D eigenvalue weighted by Gasteiger charge is 2.16. The molecule has 0 spiro atoms. The first-order chi connectivity index (χ1) is 13.6. The predicted molar refractivity (Wildman–Crippen MR) is 113 cm³/mol. The third kappa shape index (κ3) is 4.66. The second-order valence-corrected chi connectivity index (χ2v) is 7.15. The van der Waals surface area contributed by atoms with Crippen LogP contribution >= 0.6 is 23.4 Å². The molecule has 0 fully saturated rings. The summed E-state index contributed by atoms with van der Waals surface area (Å²) in [4.78, 5) is 12.4. The molecule has 6 nitrogen and oxygen atoms in total. The molecule has 1 amide bonds. The average molecular weight is 417 g/mol. The number of anilines is 1. The first-order valence-corrected chi connectivity index (χ1v) is 10.3. The van der Waals surface area contributed by atoms with E-state index >= 15 is 0 Å². The molecule has 3 rings (SSSR count). The number of aromatic nitrogens is 3. The van der Waals surface area contributed by atoms with Crippen molar-refractivity contribution < 1.29 is 9.53 Å². The number of halogens is 1. The van der Waals surface area contributed by atoms with Gasteiger partial charge >= 0.3 is 0 Å². The van der Waals surface area contributed by atoms with E-state index in [0.29, 0.717) is 40.6 Å². The smallest absolute Gasteiger partial charge is 0.234 e. The van der Waals surface area contributed by atoms with Crippen molar-refractivity contribution >= 4 is 35.0 Å². The number of carbonyl (C=O) groups excluding carboxylic acids is 1. The van der Waals surface area contributed by atoms with E-state index in [2.05, 4.69) is 15.5 Å². The molecule has 0 saturated heterocycles. The Kier molecular flexibility index (Phi) is 6.95. The van der Waals surface area contributed by atoms with Crippen LogP contribution in [0.5, 0.6) is 5.75 Å². The molecule has 0 atom stereocenters. The lowest BCUT2D eigenvalue weighted by molar-refractivity contribution is -0.113. The summed E-state index contributed by atoms with van der Waals surface area (Å²) in [6, 6.07) is 14.9. The minimum Gasteiger partial charge on any atom is -0.492 e. The first kappa shape index (κ1) is 20.2. The van der Waals surface area contributed by atoms with Crippen LogP contribution in [0.15, 0.2) is 53.7 Å². The van der Waals surface area contributed by atoms with E-state index in [-0.39, 0.29) is 11.7 Å². The molecule has 2 aromatic carbocycles. The quantitative estimate of drug-likeness (QED) is 0.537. The van der Waals surface area contributed by atoms with Crippen molar-refractivity contribution in [2.45, 2.75) is 25.5 Å². The molecule has 0 aliphatic rings. The number of thioether (sulfide) groups is 1. The summed E-state index contributed by atoms with van der Waals surface area (Å²) in [7, 11) is 0. The van der Waals surface area contributed by atoms with Crippen molar-refractivity contribution in [3.8, 4) is 17.1 Å². The summed E-state index contributed by atoms with van der Waals surface area (Å²) in [6.07, 6.45) is 0. The van der Waals surface area contributed by atoms with E-state index < -0.39 is 0 Å². The van der Waals surface area contributed by atoms with Gasteiger partial charge in [0.15, 0.2) is 11.0 Å². The van der Waals surface area contributed by atoms with E-state index in [1.807, 2.05) is 66.9 Å². The summed E-state index contributed by atoms with van der Waals surface area (Å²) in [6.45, 7) is 5.12. The number of amides is 1. The number of nitrogens with zero attached hydrogens (tertiary/aromatic N) is 3. The fourth-order valence-electron chi connectivity index (χ4n) is 2.69. The van der Waals surface area contributed by atoms with Crippen molar-refractivity contribution in [2.75, 3.05) is 17.7 Å². The van der Waals surface area contributed by atoms with Gasteiger partial charge in [-0.15, -0.1) is 10.2 Å². The Hall–Kier alpha value is -2.51. The van der Waals surface area contributed by atoms with E-state index in [1.165, 1.54) is 11.8 Å². The summed E-state index contributed by atoms with van der Waals surface area (Å²) in [5.74, 6) is 1.42. The van der Waals surface area contributed by atoms with Gasteiger partial charge in [0.25, 0.3) is 0 Å². The topological polar surface area (TPSA) is 69.0 Å². The van der Waals surface area contributed by atoms with Gasteiger partial charge in [-0.25, -0.2) is 0 Å². The van der Waals surface area contributed by atoms with Crippen LogP contribution in [-0.4, -0.2) is 33.0 Å². The van der Waals surface area contributed by atoms with Gasteiger partial charge < -0.3 is 14.6 Å². The number of hydrogen-bond donors (Lipinski definition) is 1. The lowest BCUT2D eigenvalue weighted by atomic mass is 10.2. The Bertz CT molecular complexity index is 961. The van der Waals surface area contributed by atoms with Crippen LogP contribution < -0.4 is 10.1 Å². The maximum absolute atomic E-state index is 12.4. The average Bonchev–Trinajstić information content (AvgIpc) is 3.11. The largest absolute Gasteiger partial charge is 0.492 e. The third-order valence-corrected chi connectivity index (χ3v) is 5.24. The Balaban J connectivity index is 1.70. The highest BCUT2D eigenvalue weighted by atomic mass is 35.5. The number of ether oxygens (including phenoxy) is 1. The van der Waals surface area contributed by atoms with Crippen molar-refractivity contribution in [1.29, 1.82) is 0 Å². The molecule has 0 unspecified atom stereocenters. The van der Waals surface area contributed by atoms with Crippen LogP contribution in [0.2, 0.25) is 5.02 Å². The zero-order valence-electron chi connectivity index (χ0n) is 15.7. The van der Waals surface area contributed by atoms with Crippen LogP contribution in [0.1, 0.15) is 13.8 Å². The second-order valence-electron chi connectivity index (χ2n) is 5.80. The van der Waals surface area contributed by atoms with E-state index in [1.54, 1.807) is 0 Å². The summed E-state index contributed by atoms with van der Waals surface area (Å²) < 4.78 is 7.49. The van der Waals surface area contributed by atoms with Crippen molar-refractivity contribution in [3.63, 3.8) is 0 Å². The molecule has 28 heavy (non-hydrogen) atoms. The molecule has 0 saturated carbocycles. The maximum atomic E-state index is 12.4. The third-order valence-electron chi connectivity index (χ3n) is 3.94.